The van der Waals surface area contributed by atoms with Gasteiger partial charge < -0.3 is 80.6 Å². The second kappa shape index (κ2) is 33.0. The van der Waals surface area contributed by atoms with Crippen molar-refractivity contribution < 1.29 is 63.0 Å². The molecular weight excluding hydrogens is 1030 g/mol. The first-order chi connectivity index (χ1) is 36.9. The monoisotopic (exact) mass is 1110 g/mol. The van der Waals surface area contributed by atoms with Crippen LogP contribution in [-0.4, -0.2) is 160 Å². The summed E-state index contributed by atoms with van der Waals surface area (Å²) in [5.41, 5.74) is 23.1. The standard InChI is InChI=1S/C52H86N14O13/c1-10-29(8)41(54)49(76)63-34(21-26(2)3)46(73)61-33(13-11-19-57-52(55)56)44(71)64-37(24-39(53)68)50(77)66-20-12-14-38(66)48(75)58-25-40(69)60-36(23-31-15-17-32(67)18-16-31)45(72)59-30(9)43(70)62-35(22-27(4)5)47(74)65-42(28(6)7)51(78)79/h15-18,26-30,33-38,41-42,67H,10-14,19-25,54H2,1-9H3,(H2,53,68)(H,58,75)(H,59,72)(H,60,69)(H,61,73)(H,62,70)(H,63,76)(H,64,71)(H,65,74)(H,78,79)(H4,55,56,57)/t29-,30-,33-,34-,35-,36-,37-,38-,41-,42-/m0/s1. The number of hydrogen-bond donors (Lipinski definition) is 14. The van der Waals surface area contributed by atoms with Crippen LogP contribution in [0.3, 0.4) is 0 Å². The minimum atomic E-state index is -1.63. The fourth-order valence-electron chi connectivity index (χ4n) is 8.46. The van der Waals surface area contributed by atoms with Gasteiger partial charge in [0.25, 0.3) is 0 Å². The van der Waals surface area contributed by atoms with Gasteiger partial charge in [-0.2, -0.15) is 0 Å². The first kappa shape index (κ1) is 67.5. The van der Waals surface area contributed by atoms with Crippen molar-refractivity contribution >= 4 is 71.0 Å². The van der Waals surface area contributed by atoms with Crippen molar-refractivity contribution in [3.8, 4) is 5.75 Å². The summed E-state index contributed by atoms with van der Waals surface area (Å²) >= 11 is 0. The molecule has 0 aromatic heterocycles. The maximum atomic E-state index is 14.2. The molecular formula is C52H86N14O13. The average Bonchev–Trinajstić information content (AvgIpc) is 3.87. The zero-order chi connectivity index (χ0) is 59.8. The number of hydrogen-bond acceptors (Lipinski definition) is 14. The molecule has 0 spiro atoms. The number of phenols is 1. The highest BCUT2D eigenvalue weighted by molar-refractivity contribution is 5.99. The summed E-state index contributed by atoms with van der Waals surface area (Å²) in [6, 6.07) is -5.57. The van der Waals surface area contributed by atoms with Gasteiger partial charge in [-0.25, -0.2) is 4.79 Å². The number of rotatable bonds is 33. The largest absolute Gasteiger partial charge is 0.508 e. The van der Waals surface area contributed by atoms with Crippen LogP contribution < -0.4 is 65.5 Å². The van der Waals surface area contributed by atoms with Crippen molar-refractivity contribution in [3.05, 3.63) is 29.8 Å². The lowest BCUT2D eigenvalue weighted by Gasteiger charge is -2.30. The molecule has 442 valence electrons. The minimum Gasteiger partial charge on any atom is -0.508 e. The van der Waals surface area contributed by atoms with Gasteiger partial charge in [-0.3, -0.25) is 52.9 Å². The van der Waals surface area contributed by atoms with E-state index in [1.807, 2.05) is 20.8 Å². The lowest BCUT2D eigenvalue weighted by Crippen LogP contribution is -2.60. The van der Waals surface area contributed by atoms with E-state index in [9.17, 15) is 63.0 Å². The molecule has 0 bridgehead atoms. The van der Waals surface area contributed by atoms with E-state index in [4.69, 9.17) is 22.9 Å². The van der Waals surface area contributed by atoms with E-state index in [1.54, 1.807) is 34.6 Å². The summed E-state index contributed by atoms with van der Waals surface area (Å²) in [6.45, 7) is 14.8. The molecule has 1 aliphatic heterocycles. The molecule has 0 radical (unpaired) electrons. The molecule has 18 N–H and O–H groups in total. The number of amides is 10. The van der Waals surface area contributed by atoms with Crippen LogP contribution in [0.5, 0.6) is 5.75 Å². The van der Waals surface area contributed by atoms with Crippen molar-refractivity contribution in [2.45, 2.75) is 174 Å². The fraction of sp³-hybridized carbons (Fsp3) is 0.654. The number of primary amides is 1. The number of carboxylic acids is 1. The van der Waals surface area contributed by atoms with E-state index in [2.05, 4.69) is 47.5 Å². The van der Waals surface area contributed by atoms with Gasteiger partial charge >= 0.3 is 5.97 Å². The summed E-state index contributed by atoms with van der Waals surface area (Å²) in [4.78, 5) is 152. The van der Waals surface area contributed by atoms with Gasteiger partial charge in [0.1, 0.15) is 54.1 Å². The quantitative estimate of drug-likeness (QED) is 0.0198. The first-order valence-corrected chi connectivity index (χ1v) is 26.8. The zero-order valence-electron chi connectivity index (χ0n) is 46.9. The summed E-state index contributed by atoms with van der Waals surface area (Å²) < 4.78 is 0. The Morgan fingerprint density at radius 1 is 0.684 bits per heavy atom. The van der Waals surface area contributed by atoms with Crippen molar-refractivity contribution in [2.24, 2.45) is 51.6 Å². The van der Waals surface area contributed by atoms with Crippen LogP contribution in [0.25, 0.3) is 0 Å². The molecule has 0 unspecified atom stereocenters. The molecule has 79 heavy (non-hydrogen) atoms. The molecule has 2 rings (SSSR count). The van der Waals surface area contributed by atoms with Crippen LogP contribution in [0.2, 0.25) is 0 Å². The Kier molecular flexibility index (Phi) is 28.2. The Morgan fingerprint density at radius 3 is 1.75 bits per heavy atom. The number of nitrogens with one attached hydrogen (secondary N) is 8. The number of aromatic hydroxyl groups is 1. The predicted molar refractivity (Wildman–Crippen MR) is 291 cm³/mol. The number of carboxylic acid groups (broad SMARTS) is 1. The maximum absolute atomic E-state index is 14.2. The van der Waals surface area contributed by atoms with E-state index in [0.717, 1.165) is 4.90 Å². The number of guanidine groups is 1. The van der Waals surface area contributed by atoms with Crippen LogP contribution in [0.1, 0.15) is 119 Å². The molecule has 1 fully saturated rings. The number of benzene rings is 1. The third-order valence-electron chi connectivity index (χ3n) is 13.1. The smallest absolute Gasteiger partial charge is 0.326 e. The van der Waals surface area contributed by atoms with Crippen LogP contribution in [0, 0.1) is 23.7 Å². The maximum Gasteiger partial charge on any atom is 0.326 e. The molecule has 10 atom stereocenters. The zero-order valence-corrected chi connectivity index (χ0v) is 46.9. The van der Waals surface area contributed by atoms with Gasteiger partial charge in [-0.15, -0.1) is 0 Å². The van der Waals surface area contributed by atoms with Gasteiger partial charge in [0.05, 0.1) is 19.0 Å². The molecule has 1 aromatic rings. The Bertz CT molecular complexity index is 2310. The SMILES string of the molecule is CC[C@H](C)[C@H](N)C(=O)N[C@@H](CC(C)C)C(=O)N[C@@H](CCCN=C(N)N)C(=O)N[C@@H](CC(N)=O)C(=O)N1CCC[C@H]1C(=O)NCC(=O)N[C@@H](Cc1ccc(O)cc1)C(=O)N[C@@H](C)C(=O)N[C@@H](CC(C)C)C(=O)N[C@H](C(=O)O)C(C)C. The second-order valence-corrected chi connectivity index (χ2v) is 21.2. The normalized spacial score (nSPS) is 16.6. The van der Waals surface area contributed by atoms with Crippen LogP contribution in [0.4, 0.5) is 0 Å². The van der Waals surface area contributed by atoms with Gasteiger partial charge in [-0.05, 0) is 86.8 Å². The van der Waals surface area contributed by atoms with Gasteiger partial charge in [0, 0.05) is 19.5 Å². The number of nitrogens with zero attached hydrogens (tertiary/aromatic N) is 2. The molecule has 27 nitrogen and oxygen atoms in total. The number of carbonyl (C=O) groups excluding carboxylic acids is 10. The Morgan fingerprint density at radius 2 is 1.22 bits per heavy atom. The Balaban J connectivity index is 2.30. The lowest BCUT2D eigenvalue weighted by molar-refractivity contribution is -0.143. The summed E-state index contributed by atoms with van der Waals surface area (Å²) in [7, 11) is 0. The Hall–Kier alpha value is -7.58. The average molecular weight is 1120 g/mol. The third kappa shape index (κ3) is 23.5. The number of aliphatic carboxylic acids is 1. The van der Waals surface area contributed by atoms with Gasteiger partial charge in [-0.1, -0.05) is 73.9 Å². The van der Waals surface area contributed by atoms with Crippen LogP contribution in [0.15, 0.2) is 29.3 Å². The number of carbonyl (C=O) groups is 11. The highest BCUT2D eigenvalue weighted by atomic mass is 16.4. The molecule has 27 heteroatoms. The molecule has 1 saturated heterocycles. The van der Waals surface area contributed by atoms with Crippen LogP contribution in [-0.2, 0) is 59.2 Å². The topological polar surface area (TPSA) is 444 Å². The van der Waals surface area contributed by atoms with E-state index >= 15 is 0 Å². The summed E-state index contributed by atoms with van der Waals surface area (Å²) in [5, 5.41) is 39.9. The fourth-order valence-corrected chi connectivity index (χ4v) is 8.46. The van der Waals surface area contributed by atoms with Crippen molar-refractivity contribution in [1.82, 2.24) is 47.4 Å². The van der Waals surface area contributed by atoms with Crippen molar-refractivity contribution in [1.29, 1.82) is 0 Å². The summed E-state index contributed by atoms with van der Waals surface area (Å²) in [5.74, 6) is -10.5. The minimum absolute atomic E-state index is 0.00732. The number of likely N-dealkylation sites (tertiary alicyclic amines) is 1. The molecule has 0 aliphatic carbocycles. The van der Waals surface area contributed by atoms with Gasteiger partial charge in [0.15, 0.2) is 5.96 Å². The molecule has 1 aromatic carbocycles. The molecule has 10 amide bonds. The molecule has 1 aliphatic rings. The Labute approximate surface area is 461 Å². The number of phenolic OH excluding ortho intramolecular Hbond substituents is 1. The van der Waals surface area contributed by atoms with Crippen molar-refractivity contribution in [2.75, 3.05) is 19.6 Å². The highest BCUT2D eigenvalue weighted by Gasteiger charge is 2.40. The van der Waals surface area contributed by atoms with E-state index in [0.29, 0.717) is 18.4 Å². The van der Waals surface area contributed by atoms with E-state index in [1.165, 1.54) is 31.2 Å². The summed E-state index contributed by atoms with van der Waals surface area (Å²) in [6.07, 6.45) is 0.520. The first-order valence-electron chi connectivity index (χ1n) is 26.8. The highest BCUT2D eigenvalue weighted by Crippen LogP contribution is 2.20. The van der Waals surface area contributed by atoms with Gasteiger partial charge in [0.2, 0.25) is 59.1 Å². The van der Waals surface area contributed by atoms with E-state index in [-0.39, 0.29) is 81.1 Å². The molecule has 1 heterocycles. The third-order valence-corrected chi connectivity index (χ3v) is 13.1. The second-order valence-electron chi connectivity index (χ2n) is 21.2. The van der Waals surface area contributed by atoms with Crippen LogP contribution >= 0.6 is 0 Å². The van der Waals surface area contributed by atoms with E-state index < -0.39 is 138 Å². The van der Waals surface area contributed by atoms with Crippen molar-refractivity contribution in [3.63, 3.8) is 0 Å². The number of nitrogens with two attached hydrogens (primary N) is 4. The lowest BCUT2D eigenvalue weighted by atomic mass is 9.97. The molecule has 0 saturated carbocycles. The number of aliphatic imine (C=N–C) groups is 1. The predicted octanol–water partition coefficient (Wildman–Crippen LogP) is -2.41.